The van der Waals surface area contributed by atoms with Gasteiger partial charge in [0.15, 0.2) is 5.82 Å². The van der Waals surface area contributed by atoms with E-state index in [0.29, 0.717) is 35.1 Å². The first-order chi connectivity index (χ1) is 10.6. The van der Waals surface area contributed by atoms with Gasteiger partial charge in [-0.25, -0.2) is 0 Å². The summed E-state index contributed by atoms with van der Waals surface area (Å²) >= 11 is 1.57. The summed E-state index contributed by atoms with van der Waals surface area (Å²) in [6, 6.07) is 6.91. The van der Waals surface area contributed by atoms with Crippen LogP contribution in [0.4, 0.5) is 0 Å². The summed E-state index contributed by atoms with van der Waals surface area (Å²) < 4.78 is 5.11. The number of rotatable bonds is 5. The molecule has 0 saturated carbocycles. The summed E-state index contributed by atoms with van der Waals surface area (Å²) in [5, 5.41) is 3.78. The summed E-state index contributed by atoms with van der Waals surface area (Å²) in [5.74, 6) is 1.34. The molecule has 1 aliphatic heterocycles. The van der Waals surface area contributed by atoms with Crippen LogP contribution in [0.15, 0.2) is 28.8 Å². The van der Waals surface area contributed by atoms with Crippen LogP contribution in [0.3, 0.4) is 0 Å². The molecule has 114 valence electrons. The van der Waals surface area contributed by atoms with Crippen molar-refractivity contribution < 1.29 is 14.1 Å². The van der Waals surface area contributed by atoms with Crippen molar-refractivity contribution in [2.75, 3.05) is 12.3 Å². The maximum atomic E-state index is 12.2. The molecule has 0 aliphatic carbocycles. The van der Waals surface area contributed by atoms with Gasteiger partial charge in [0, 0.05) is 12.3 Å². The minimum absolute atomic E-state index is 0.0244. The Bertz CT molecular complexity index is 693. The summed E-state index contributed by atoms with van der Waals surface area (Å²) in [6.07, 6.45) is 0. The number of imide groups is 1. The summed E-state index contributed by atoms with van der Waals surface area (Å²) in [6.45, 7) is 4.09. The van der Waals surface area contributed by atoms with Crippen LogP contribution >= 0.6 is 11.8 Å². The average Bonchev–Trinajstić information content (AvgIpc) is 3.05. The molecule has 0 unspecified atom stereocenters. The molecule has 0 saturated heterocycles. The van der Waals surface area contributed by atoms with Gasteiger partial charge in [-0.2, -0.15) is 4.98 Å². The third kappa shape index (κ3) is 2.64. The Kier molecular flexibility index (Phi) is 3.98. The molecule has 3 rings (SSSR count). The minimum atomic E-state index is -0.220. The molecule has 2 aromatic rings. The number of carbonyl (C=O) groups is 2. The second kappa shape index (κ2) is 5.92. The van der Waals surface area contributed by atoms with E-state index >= 15 is 0 Å². The first-order valence-electron chi connectivity index (χ1n) is 6.95. The van der Waals surface area contributed by atoms with E-state index in [1.807, 2.05) is 6.92 Å². The fraction of sp³-hybridized carbons (Fsp3) is 0.333. The lowest BCUT2D eigenvalue weighted by Crippen LogP contribution is -2.31. The molecule has 0 N–H and O–H groups in total. The SMILES string of the molecule is Cc1noc([C@@H](C)SCCN2C(=O)c3ccccc3C2=O)n1. The number of fused-ring (bicyclic) bond motifs is 1. The lowest BCUT2D eigenvalue weighted by atomic mass is 10.1. The molecule has 7 heteroatoms. The number of hydrogen-bond acceptors (Lipinski definition) is 6. The molecule has 2 heterocycles. The zero-order chi connectivity index (χ0) is 15.7. The topological polar surface area (TPSA) is 76.3 Å². The molecule has 22 heavy (non-hydrogen) atoms. The quantitative estimate of drug-likeness (QED) is 0.789. The number of aromatic nitrogens is 2. The Morgan fingerprint density at radius 1 is 1.23 bits per heavy atom. The predicted octanol–water partition coefficient (Wildman–Crippen LogP) is 2.47. The van der Waals surface area contributed by atoms with Crippen LogP contribution in [0, 0.1) is 6.92 Å². The smallest absolute Gasteiger partial charge is 0.261 e. The highest BCUT2D eigenvalue weighted by atomic mass is 32.2. The average molecular weight is 317 g/mol. The van der Waals surface area contributed by atoms with Crippen molar-refractivity contribution in [3.05, 3.63) is 47.1 Å². The third-order valence-corrected chi connectivity index (χ3v) is 4.57. The molecule has 2 amide bonds. The molecular weight excluding hydrogens is 302 g/mol. The fourth-order valence-corrected chi connectivity index (χ4v) is 3.19. The van der Waals surface area contributed by atoms with Gasteiger partial charge in [0.25, 0.3) is 11.8 Å². The van der Waals surface area contributed by atoms with E-state index in [1.165, 1.54) is 4.90 Å². The Morgan fingerprint density at radius 2 is 1.86 bits per heavy atom. The first-order valence-corrected chi connectivity index (χ1v) is 8.00. The first kappa shape index (κ1) is 14.8. The van der Waals surface area contributed by atoms with Crippen LogP contribution in [0.25, 0.3) is 0 Å². The largest absolute Gasteiger partial charge is 0.338 e. The lowest BCUT2D eigenvalue weighted by molar-refractivity contribution is 0.0664. The van der Waals surface area contributed by atoms with Gasteiger partial charge in [-0.3, -0.25) is 14.5 Å². The summed E-state index contributed by atoms with van der Waals surface area (Å²) in [4.78, 5) is 29.9. The normalized spacial score (nSPS) is 15.3. The Balaban J connectivity index is 1.59. The van der Waals surface area contributed by atoms with Crippen LogP contribution in [0.1, 0.15) is 44.6 Å². The summed E-state index contributed by atoms with van der Waals surface area (Å²) in [7, 11) is 0. The highest BCUT2D eigenvalue weighted by molar-refractivity contribution is 7.99. The van der Waals surface area contributed by atoms with Crippen molar-refractivity contribution >= 4 is 23.6 Å². The molecular formula is C15H15N3O3S. The van der Waals surface area contributed by atoms with Crippen LogP contribution in [0.2, 0.25) is 0 Å². The second-order valence-electron chi connectivity index (χ2n) is 5.00. The van der Waals surface area contributed by atoms with E-state index in [0.717, 1.165) is 0 Å². The van der Waals surface area contributed by atoms with Crippen molar-refractivity contribution in [2.24, 2.45) is 0 Å². The van der Waals surface area contributed by atoms with Gasteiger partial charge in [0.05, 0.1) is 16.4 Å². The fourth-order valence-electron chi connectivity index (χ4n) is 2.31. The van der Waals surface area contributed by atoms with Crippen molar-refractivity contribution in [2.45, 2.75) is 19.1 Å². The van der Waals surface area contributed by atoms with Gasteiger partial charge in [0.2, 0.25) is 5.89 Å². The number of nitrogens with zero attached hydrogens (tertiary/aromatic N) is 3. The molecule has 0 spiro atoms. The van der Waals surface area contributed by atoms with Crippen molar-refractivity contribution in [1.29, 1.82) is 0 Å². The molecule has 1 aliphatic rings. The van der Waals surface area contributed by atoms with Gasteiger partial charge >= 0.3 is 0 Å². The number of benzene rings is 1. The van der Waals surface area contributed by atoms with Crippen molar-refractivity contribution in [3.63, 3.8) is 0 Å². The van der Waals surface area contributed by atoms with Crippen LogP contribution in [0.5, 0.6) is 0 Å². The van der Waals surface area contributed by atoms with Gasteiger partial charge in [-0.1, -0.05) is 17.3 Å². The van der Waals surface area contributed by atoms with Gasteiger partial charge in [0.1, 0.15) is 0 Å². The molecule has 0 bridgehead atoms. The van der Waals surface area contributed by atoms with Crippen LogP contribution in [-0.4, -0.2) is 39.2 Å². The zero-order valence-electron chi connectivity index (χ0n) is 12.3. The van der Waals surface area contributed by atoms with E-state index in [1.54, 1.807) is 43.0 Å². The number of aryl methyl sites for hydroxylation is 1. The van der Waals surface area contributed by atoms with Gasteiger partial charge in [-0.15, -0.1) is 11.8 Å². The molecule has 6 nitrogen and oxygen atoms in total. The van der Waals surface area contributed by atoms with E-state index in [4.69, 9.17) is 4.52 Å². The number of hydrogen-bond donors (Lipinski definition) is 0. The second-order valence-corrected chi connectivity index (χ2v) is 6.45. The van der Waals surface area contributed by atoms with Gasteiger partial charge < -0.3 is 4.52 Å². The Morgan fingerprint density at radius 3 is 2.41 bits per heavy atom. The number of carbonyl (C=O) groups excluding carboxylic acids is 2. The monoisotopic (exact) mass is 317 g/mol. The predicted molar refractivity (Wildman–Crippen MR) is 81.7 cm³/mol. The van der Waals surface area contributed by atoms with Crippen molar-refractivity contribution in [1.82, 2.24) is 15.0 Å². The van der Waals surface area contributed by atoms with Crippen LogP contribution < -0.4 is 0 Å². The number of thioether (sulfide) groups is 1. The number of amides is 2. The van der Waals surface area contributed by atoms with E-state index in [-0.39, 0.29) is 17.1 Å². The standard InChI is InChI=1S/C15H15N3O3S/c1-9(13-16-10(2)17-21-13)22-8-7-18-14(19)11-5-3-4-6-12(11)15(18)20/h3-6,9H,7-8H2,1-2H3/t9-/m1/s1. The third-order valence-electron chi connectivity index (χ3n) is 3.45. The highest BCUT2D eigenvalue weighted by Gasteiger charge is 2.34. The molecule has 0 fully saturated rings. The Hall–Kier alpha value is -2.15. The lowest BCUT2D eigenvalue weighted by Gasteiger charge is -2.14. The molecule has 0 radical (unpaired) electrons. The molecule has 1 atom stereocenters. The summed E-state index contributed by atoms with van der Waals surface area (Å²) in [5.41, 5.74) is 0.969. The molecule has 1 aromatic carbocycles. The maximum Gasteiger partial charge on any atom is 0.261 e. The zero-order valence-corrected chi connectivity index (χ0v) is 13.1. The molecule has 1 aromatic heterocycles. The highest BCUT2D eigenvalue weighted by Crippen LogP contribution is 2.28. The Labute approximate surface area is 131 Å². The van der Waals surface area contributed by atoms with E-state index < -0.39 is 0 Å². The van der Waals surface area contributed by atoms with E-state index in [9.17, 15) is 9.59 Å². The minimum Gasteiger partial charge on any atom is -0.338 e. The van der Waals surface area contributed by atoms with E-state index in [2.05, 4.69) is 10.1 Å². The van der Waals surface area contributed by atoms with Crippen molar-refractivity contribution in [3.8, 4) is 0 Å². The maximum absolute atomic E-state index is 12.2. The van der Waals surface area contributed by atoms with Crippen LogP contribution in [-0.2, 0) is 0 Å². The van der Waals surface area contributed by atoms with Gasteiger partial charge in [-0.05, 0) is 26.0 Å².